The Labute approximate surface area is 105 Å². The van der Waals surface area contributed by atoms with E-state index >= 15 is 0 Å². The van der Waals surface area contributed by atoms with Crippen molar-refractivity contribution in [2.24, 2.45) is 0 Å². The van der Waals surface area contributed by atoms with E-state index in [4.69, 9.17) is 9.84 Å². The second-order valence-electron chi connectivity index (χ2n) is 3.52. The van der Waals surface area contributed by atoms with Crippen molar-refractivity contribution >= 4 is 21.4 Å². The molecule has 0 aromatic carbocycles. The lowest BCUT2D eigenvalue weighted by atomic mass is 10.4. The highest BCUT2D eigenvalue weighted by molar-refractivity contribution is 7.89. The van der Waals surface area contributed by atoms with Crippen LogP contribution in [0.3, 0.4) is 0 Å². The summed E-state index contributed by atoms with van der Waals surface area (Å²) >= 11 is 1.22. The number of aliphatic hydroxyl groups is 1. The summed E-state index contributed by atoms with van der Waals surface area (Å²) in [6, 6.07) is 1.47. The molecular weight excluding hydrogens is 262 g/mol. The molecule has 0 saturated carbocycles. The average Bonchev–Trinajstić information content (AvgIpc) is 2.76. The summed E-state index contributed by atoms with van der Waals surface area (Å²) in [6.07, 6.45) is -0.161. The maximum absolute atomic E-state index is 11.8. The van der Waals surface area contributed by atoms with Gasteiger partial charge >= 0.3 is 0 Å². The number of rotatable bonds is 7. The fourth-order valence-corrected chi connectivity index (χ4v) is 3.49. The summed E-state index contributed by atoms with van der Waals surface area (Å²) in [5.74, 6) is 0. The minimum Gasteiger partial charge on any atom is -0.391 e. The van der Waals surface area contributed by atoms with E-state index in [2.05, 4.69) is 4.72 Å². The molecule has 0 fully saturated rings. The van der Waals surface area contributed by atoms with Crippen LogP contribution in [0.5, 0.6) is 0 Å². The van der Waals surface area contributed by atoms with Crippen LogP contribution < -0.4 is 4.72 Å². The van der Waals surface area contributed by atoms with Crippen molar-refractivity contribution in [2.75, 3.05) is 13.2 Å². The minimum absolute atomic E-state index is 0.143. The molecule has 0 radical (unpaired) electrons. The van der Waals surface area contributed by atoms with E-state index in [9.17, 15) is 8.42 Å². The Morgan fingerprint density at radius 2 is 2.29 bits per heavy atom. The van der Waals surface area contributed by atoms with E-state index in [1.807, 2.05) is 6.92 Å². The van der Waals surface area contributed by atoms with Crippen LogP contribution in [0, 0.1) is 0 Å². The molecule has 0 saturated heterocycles. The molecule has 1 atom stereocenters. The van der Waals surface area contributed by atoms with Gasteiger partial charge in [0.15, 0.2) is 0 Å². The van der Waals surface area contributed by atoms with Gasteiger partial charge in [0.2, 0.25) is 10.0 Å². The number of sulfonamides is 1. The van der Waals surface area contributed by atoms with Crippen LogP contribution in [0.1, 0.15) is 18.7 Å². The molecule has 0 amide bonds. The first-order valence-corrected chi connectivity index (χ1v) is 7.65. The predicted octanol–water partition coefficient (Wildman–Crippen LogP) is 0.944. The molecular formula is C10H17NO4S2. The molecule has 7 heteroatoms. The first-order chi connectivity index (χ1) is 7.99. The van der Waals surface area contributed by atoms with Gasteiger partial charge in [-0.1, -0.05) is 0 Å². The van der Waals surface area contributed by atoms with Crippen molar-refractivity contribution in [3.8, 4) is 0 Å². The molecule has 1 unspecified atom stereocenters. The van der Waals surface area contributed by atoms with Crippen molar-refractivity contribution in [1.29, 1.82) is 0 Å². The van der Waals surface area contributed by atoms with Crippen LogP contribution in [-0.2, 0) is 21.4 Å². The zero-order valence-corrected chi connectivity index (χ0v) is 11.5. The van der Waals surface area contributed by atoms with Crippen LogP contribution in [0.15, 0.2) is 16.3 Å². The Kier molecular flexibility index (Phi) is 5.54. The fraction of sp³-hybridized carbons (Fsp3) is 0.600. The van der Waals surface area contributed by atoms with Crippen molar-refractivity contribution in [2.45, 2.75) is 31.5 Å². The SMILES string of the molecule is CCOC(C)CNS(=O)(=O)c1csc(CO)c1. The van der Waals surface area contributed by atoms with Crippen molar-refractivity contribution in [3.63, 3.8) is 0 Å². The van der Waals surface area contributed by atoms with Gasteiger partial charge in [0.25, 0.3) is 0 Å². The summed E-state index contributed by atoms with van der Waals surface area (Å²) in [6.45, 7) is 4.31. The van der Waals surface area contributed by atoms with Crippen LogP contribution in [-0.4, -0.2) is 32.8 Å². The van der Waals surface area contributed by atoms with E-state index in [1.165, 1.54) is 22.8 Å². The van der Waals surface area contributed by atoms with Gasteiger partial charge < -0.3 is 9.84 Å². The van der Waals surface area contributed by atoms with Gasteiger partial charge in [0.1, 0.15) is 0 Å². The van der Waals surface area contributed by atoms with Gasteiger partial charge in [-0.2, -0.15) is 0 Å². The lowest BCUT2D eigenvalue weighted by Gasteiger charge is -2.12. The maximum Gasteiger partial charge on any atom is 0.241 e. The van der Waals surface area contributed by atoms with Crippen molar-refractivity contribution in [3.05, 3.63) is 16.3 Å². The molecule has 0 aliphatic carbocycles. The number of aliphatic hydroxyl groups excluding tert-OH is 1. The third kappa shape index (κ3) is 4.36. The van der Waals surface area contributed by atoms with Gasteiger partial charge in [-0.25, -0.2) is 13.1 Å². The highest BCUT2D eigenvalue weighted by atomic mass is 32.2. The van der Waals surface area contributed by atoms with E-state index < -0.39 is 10.0 Å². The third-order valence-corrected chi connectivity index (χ3v) is 4.58. The molecule has 98 valence electrons. The van der Waals surface area contributed by atoms with Crippen molar-refractivity contribution in [1.82, 2.24) is 4.72 Å². The second-order valence-corrected chi connectivity index (χ2v) is 6.29. The molecule has 0 aliphatic rings. The van der Waals surface area contributed by atoms with Crippen LogP contribution >= 0.6 is 11.3 Å². The first kappa shape index (κ1) is 14.6. The van der Waals surface area contributed by atoms with E-state index in [1.54, 1.807) is 6.92 Å². The predicted molar refractivity (Wildman–Crippen MR) is 66.5 cm³/mol. The topological polar surface area (TPSA) is 75.6 Å². The lowest BCUT2D eigenvalue weighted by molar-refractivity contribution is 0.0799. The Morgan fingerprint density at radius 1 is 1.59 bits per heavy atom. The smallest absolute Gasteiger partial charge is 0.241 e. The summed E-state index contributed by atoms with van der Waals surface area (Å²) in [7, 11) is -3.49. The van der Waals surface area contributed by atoms with E-state index in [-0.39, 0.29) is 24.2 Å². The van der Waals surface area contributed by atoms with Gasteiger partial charge in [-0.3, -0.25) is 0 Å². The van der Waals surface area contributed by atoms with Gasteiger partial charge in [-0.15, -0.1) is 11.3 Å². The van der Waals surface area contributed by atoms with Gasteiger partial charge in [0.05, 0.1) is 17.6 Å². The summed E-state index contributed by atoms with van der Waals surface area (Å²) in [5.41, 5.74) is 0. The average molecular weight is 279 g/mol. The summed E-state index contributed by atoms with van der Waals surface area (Å²) in [5, 5.41) is 10.4. The van der Waals surface area contributed by atoms with Gasteiger partial charge in [-0.05, 0) is 19.9 Å². The molecule has 1 heterocycles. The van der Waals surface area contributed by atoms with Gasteiger partial charge in [0, 0.05) is 23.4 Å². The molecule has 17 heavy (non-hydrogen) atoms. The Hall–Kier alpha value is -0.470. The molecule has 0 bridgehead atoms. The maximum atomic E-state index is 11.8. The number of ether oxygens (including phenoxy) is 1. The first-order valence-electron chi connectivity index (χ1n) is 5.29. The largest absolute Gasteiger partial charge is 0.391 e. The molecule has 1 rings (SSSR count). The van der Waals surface area contributed by atoms with Crippen LogP contribution in [0.4, 0.5) is 0 Å². The highest BCUT2D eigenvalue weighted by Crippen LogP contribution is 2.18. The van der Waals surface area contributed by atoms with Crippen molar-refractivity contribution < 1.29 is 18.3 Å². The van der Waals surface area contributed by atoms with E-state index in [0.717, 1.165) is 0 Å². The number of thiophene rings is 1. The molecule has 5 nitrogen and oxygen atoms in total. The molecule has 0 spiro atoms. The fourth-order valence-electron chi connectivity index (χ4n) is 1.24. The highest BCUT2D eigenvalue weighted by Gasteiger charge is 2.16. The number of hydrogen-bond acceptors (Lipinski definition) is 5. The second kappa shape index (κ2) is 6.46. The molecule has 0 aliphatic heterocycles. The Balaban J connectivity index is 2.62. The standard InChI is InChI=1S/C10H17NO4S2/c1-3-15-8(2)5-11-17(13,14)10-4-9(6-12)16-7-10/h4,7-8,11-12H,3,5-6H2,1-2H3. The van der Waals surface area contributed by atoms with Crippen LogP contribution in [0.25, 0.3) is 0 Å². The third-order valence-electron chi connectivity index (χ3n) is 2.11. The summed E-state index contributed by atoms with van der Waals surface area (Å²) in [4.78, 5) is 0.818. The minimum atomic E-state index is -3.49. The zero-order chi connectivity index (χ0) is 12.9. The quantitative estimate of drug-likeness (QED) is 0.779. The van der Waals surface area contributed by atoms with E-state index in [0.29, 0.717) is 11.5 Å². The monoisotopic (exact) mass is 279 g/mol. The Morgan fingerprint density at radius 3 is 2.82 bits per heavy atom. The number of hydrogen-bond donors (Lipinski definition) is 2. The van der Waals surface area contributed by atoms with Crippen LogP contribution in [0.2, 0.25) is 0 Å². The summed E-state index contributed by atoms with van der Waals surface area (Å²) < 4.78 is 31.4. The molecule has 1 aromatic heterocycles. The lowest BCUT2D eigenvalue weighted by Crippen LogP contribution is -2.31. The zero-order valence-electron chi connectivity index (χ0n) is 9.84. The Bertz CT molecular complexity index is 441. The normalized spacial score (nSPS) is 13.8. The number of nitrogens with one attached hydrogen (secondary N) is 1. The molecule has 2 N–H and O–H groups in total. The molecule has 1 aromatic rings.